The van der Waals surface area contributed by atoms with Gasteiger partial charge in [-0.2, -0.15) is 5.26 Å². The molecule has 0 radical (unpaired) electrons. The molecule has 0 fully saturated rings. The van der Waals surface area contributed by atoms with Gasteiger partial charge in [-0.1, -0.05) is 42.0 Å². The van der Waals surface area contributed by atoms with Gasteiger partial charge in [-0.25, -0.2) is 0 Å². The summed E-state index contributed by atoms with van der Waals surface area (Å²) in [6.45, 7) is 5.88. The monoisotopic (exact) mass is 453 g/mol. The van der Waals surface area contributed by atoms with E-state index in [0.29, 0.717) is 29.0 Å². The first-order valence-corrected chi connectivity index (χ1v) is 10.5. The Hall–Kier alpha value is -4.70. The molecule has 0 heterocycles. The van der Waals surface area contributed by atoms with Crippen LogP contribution in [0.5, 0.6) is 5.75 Å². The Morgan fingerprint density at radius 2 is 1.94 bits per heavy atom. The predicted molar refractivity (Wildman–Crippen MR) is 131 cm³/mol. The molecule has 0 bridgehead atoms. The van der Waals surface area contributed by atoms with E-state index < -0.39 is 10.8 Å². The highest BCUT2D eigenvalue weighted by atomic mass is 16.6. The fraction of sp³-hybridized carbons (Fsp3) is 0.111. The molecule has 3 aromatic carbocycles. The van der Waals surface area contributed by atoms with Gasteiger partial charge in [0.15, 0.2) is 0 Å². The summed E-state index contributed by atoms with van der Waals surface area (Å²) in [5.41, 5.74) is 3.78. The van der Waals surface area contributed by atoms with Crippen molar-refractivity contribution in [2.24, 2.45) is 0 Å². The molecule has 0 aliphatic heterocycles. The summed E-state index contributed by atoms with van der Waals surface area (Å²) in [5, 5.41) is 23.2. The highest BCUT2D eigenvalue weighted by molar-refractivity contribution is 6.09. The molecule has 1 amide bonds. The average molecular weight is 453 g/mol. The summed E-state index contributed by atoms with van der Waals surface area (Å²) < 4.78 is 5.90. The van der Waals surface area contributed by atoms with Gasteiger partial charge in [0.05, 0.1) is 4.92 Å². The molecular weight excluding hydrogens is 430 g/mol. The number of nitrogens with one attached hydrogen (secondary N) is 1. The Labute approximate surface area is 197 Å². The van der Waals surface area contributed by atoms with Crippen LogP contribution in [0.3, 0.4) is 0 Å². The number of anilines is 1. The second kappa shape index (κ2) is 11.2. The van der Waals surface area contributed by atoms with Gasteiger partial charge in [0, 0.05) is 17.8 Å². The Kier molecular flexibility index (Phi) is 7.93. The molecule has 0 atom stereocenters. The van der Waals surface area contributed by atoms with E-state index in [0.717, 1.165) is 11.1 Å². The highest BCUT2D eigenvalue weighted by Gasteiger charge is 2.12. The maximum Gasteiger partial charge on any atom is 0.269 e. The fourth-order valence-corrected chi connectivity index (χ4v) is 3.22. The Morgan fingerprint density at radius 1 is 1.18 bits per heavy atom. The zero-order valence-electron chi connectivity index (χ0n) is 18.7. The number of nitriles is 1. The maximum atomic E-state index is 12.6. The van der Waals surface area contributed by atoms with Crippen molar-refractivity contribution < 1.29 is 14.5 Å². The smallest absolute Gasteiger partial charge is 0.269 e. The number of hydrogen-bond acceptors (Lipinski definition) is 5. The molecule has 7 nitrogen and oxygen atoms in total. The van der Waals surface area contributed by atoms with Gasteiger partial charge in [0.1, 0.15) is 24.0 Å². The van der Waals surface area contributed by atoms with Gasteiger partial charge in [-0.3, -0.25) is 14.9 Å². The van der Waals surface area contributed by atoms with Crippen LogP contribution >= 0.6 is 0 Å². The van der Waals surface area contributed by atoms with Crippen molar-refractivity contribution in [3.8, 4) is 11.8 Å². The molecule has 170 valence electrons. The number of carbonyl (C=O) groups is 1. The molecule has 7 heteroatoms. The predicted octanol–water partition coefficient (Wildman–Crippen LogP) is 5.76. The highest BCUT2D eigenvalue weighted by Crippen LogP contribution is 2.25. The number of rotatable bonds is 9. The van der Waals surface area contributed by atoms with Crippen LogP contribution in [0.2, 0.25) is 0 Å². The zero-order valence-corrected chi connectivity index (χ0v) is 18.7. The lowest BCUT2D eigenvalue weighted by molar-refractivity contribution is -0.384. The van der Waals surface area contributed by atoms with Crippen molar-refractivity contribution in [1.82, 2.24) is 0 Å². The molecule has 0 saturated carbocycles. The van der Waals surface area contributed by atoms with Crippen LogP contribution in [0.25, 0.3) is 6.08 Å². The lowest BCUT2D eigenvalue weighted by Crippen LogP contribution is -2.13. The Balaban J connectivity index is 1.78. The van der Waals surface area contributed by atoms with Gasteiger partial charge in [-0.05, 0) is 60.4 Å². The van der Waals surface area contributed by atoms with Gasteiger partial charge in [-0.15, -0.1) is 6.58 Å². The lowest BCUT2D eigenvalue weighted by Gasteiger charge is -2.12. The van der Waals surface area contributed by atoms with E-state index in [1.165, 1.54) is 18.2 Å². The number of nitro groups is 1. The van der Waals surface area contributed by atoms with E-state index in [1.807, 2.05) is 31.2 Å². The second-order valence-electron chi connectivity index (χ2n) is 7.57. The SMILES string of the molecule is C=CCc1cc(/C=C(/C#N)C(=O)Nc2ccc(C)cc2)ccc1OCc1cccc([N+](=O)[O-])c1. The van der Waals surface area contributed by atoms with Crippen LogP contribution in [0.4, 0.5) is 11.4 Å². The van der Waals surface area contributed by atoms with Crippen LogP contribution in [0.1, 0.15) is 22.3 Å². The fourth-order valence-electron chi connectivity index (χ4n) is 3.22. The van der Waals surface area contributed by atoms with Crippen LogP contribution in [0, 0.1) is 28.4 Å². The molecule has 3 rings (SSSR count). The summed E-state index contributed by atoms with van der Waals surface area (Å²) in [6.07, 6.45) is 3.74. The first kappa shape index (κ1) is 24.0. The van der Waals surface area contributed by atoms with Crippen LogP contribution < -0.4 is 10.1 Å². The molecule has 3 aromatic rings. The van der Waals surface area contributed by atoms with Crippen molar-refractivity contribution in [2.75, 3.05) is 5.32 Å². The van der Waals surface area contributed by atoms with Crippen molar-refractivity contribution >= 4 is 23.4 Å². The Morgan fingerprint density at radius 3 is 2.62 bits per heavy atom. The number of hydrogen-bond donors (Lipinski definition) is 1. The first-order chi connectivity index (χ1) is 16.4. The minimum atomic E-state index is -0.498. The molecule has 34 heavy (non-hydrogen) atoms. The third-order valence-corrected chi connectivity index (χ3v) is 4.95. The standard InChI is InChI=1S/C27H23N3O4/c1-3-5-22-14-20(15-23(17-28)27(31)29-24-11-8-19(2)9-12-24)10-13-26(22)34-18-21-6-4-7-25(16-21)30(32)33/h3-4,6-16H,1,5,18H2,2H3,(H,29,31)/b23-15-. The quantitative estimate of drug-likeness (QED) is 0.146. The van der Waals surface area contributed by atoms with Crippen molar-refractivity contribution in [3.63, 3.8) is 0 Å². The number of non-ortho nitro benzene ring substituents is 1. The number of ether oxygens (including phenoxy) is 1. The molecule has 0 aliphatic carbocycles. The van der Waals surface area contributed by atoms with Crippen LogP contribution in [-0.2, 0) is 17.8 Å². The lowest BCUT2D eigenvalue weighted by atomic mass is 10.0. The van der Waals surface area contributed by atoms with E-state index in [-0.39, 0.29) is 17.9 Å². The topological polar surface area (TPSA) is 105 Å². The maximum absolute atomic E-state index is 12.6. The van der Waals surface area contributed by atoms with E-state index in [9.17, 15) is 20.2 Å². The summed E-state index contributed by atoms with van der Waals surface area (Å²) in [5.74, 6) is 0.0915. The molecule has 0 aliphatic rings. The van der Waals surface area contributed by atoms with Crippen LogP contribution in [-0.4, -0.2) is 10.8 Å². The Bertz CT molecular complexity index is 1290. The minimum Gasteiger partial charge on any atom is -0.489 e. The molecule has 0 aromatic heterocycles. The molecule has 0 unspecified atom stereocenters. The summed E-state index contributed by atoms with van der Waals surface area (Å²) in [4.78, 5) is 23.1. The minimum absolute atomic E-state index is 0.000784. The number of amides is 1. The number of allylic oxidation sites excluding steroid dienone is 1. The number of carbonyl (C=O) groups excluding carboxylic acids is 1. The third kappa shape index (κ3) is 6.40. The van der Waals surface area contributed by atoms with E-state index >= 15 is 0 Å². The van der Waals surface area contributed by atoms with Gasteiger partial charge >= 0.3 is 0 Å². The summed E-state index contributed by atoms with van der Waals surface area (Å²) in [7, 11) is 0. The van der Waals surface area contributed by atoms with Gasteiger partial charge < -0.3 is 10.1 Å². The van der Waals surface area contributed by atoms with E-state index in [4.69, 9.17) is 4.74 Å². The normalized spacial score (nSPS) is 10.8. The van der Waals surface area contributed by atoms with Crippen molar-refractivity contribution in [3.05, 3.63) is 117 Å². The number of nitrogens with zero attached hydrogens (tertiary/aromatic N) is 2. The second-order valence-corrected chi connectivity index (χ2v) is 7.57. The summed E-state index contributed by atoms with van der Waals surface area (Å²) in [6, 6.07) is 20.8. The summed E-state index contributed by atoms with van der Waals surface area (Å²) >= 11 is 0. The van der Waals surface area contributed by atoms with Gasteiger partial charge in [0.2, 0.25) is 0 Å². The largest absolute Gasteiger partial charge is 0.489 e. The van der Waals surface area contributed by atoms with Crippen molar-refractivity contribution in [2.45, 2.75) is 20.0 Å². The first-order valence-electron chi connectivity index (χ1n) is 10.5. The number of aryl methyl sites for hydroxylation is 1. The third-order valence-electron chi connectivity index (χ3n) is 4.95. The number of nitro benzene ring substituents is 1. The average Bonchev–Trinajstić information content (AvgIpc) is 2.83. The molecule has 0 spiro atoms. The van der Waals surface area contributed by atoms with Crippen molar-refractivity contribution in [1.29, 1.82) is 5.26 Å². The van der Waals surface area contributed by atoms with Gasteiger partial charge in [0.25, 0.3) is 11.6 Å². The molecular formula is C27H23N3O4. The zero-order chi connectivity index (χ0) is 24.5. The van der Waals surface area contributed by atoms with E-state index in [2.05, 4.69) is 11.9 Å². The molecule has 0 saturated heterocycles. The van der Waals surface area contributed by atoms with E-state index in [1.54, 1.807) is 42.5 Å². The molecule has 1 N–H and O–H groups in total. The number of benzene rings is 3. The van der Waals surface area contributed by atoms with Crippen LogP contribution in [0.15, 0.2) is 85.0 Å².